The maximum atomic E-state index is 12.2. The van der Waals surface area contributed by atoms with Crippen molar-refractivity contribution in [3.05, 3.63) is 53.9 Å². The Morgan fingerprint density at radius 2 is 1.95 bits per heavy atom. The fourth-order valence-corrected chi connectivity index (χ4v) is 1.77. The number of rotatable bonds is 5. The number of amides is 1. The highest BCUT2D eigenvalue weighted by Crippen LogP contribution is 2.27. The maximum absolute atomic E-state index is 12.2. The monoisotopic (exact) mass is 284 g/mol. The fourth-order valence-electron chi connectivity index (χ4n) is 1.77. The molecule has 1 heterocycles. The van der Waals surface area contributed by atoms with Gasteiger partial charge in [0.05, 0.1) is 11.8 Å². The van der Waals surface area contributed by atoms with Gasteiger partial charge in [-0.3, -0.25) is 14.6 Å². The van der Waals surface area contributed by atoms with Gasteiger partial charge >= 0.3 is 0 Å². The third-order valence-electron chi connectivity index (χ3n) is 2.69. The minimum atomic E-state index is -0.283. The first kappa shape index (κ1) is 14.7. The van der Waals surface area contributed by atoms with Crippen molar-refractivity contribution in [3.63, 3.8) is 0 Å². The number of hydrogen-bond donors (Lipinski definition) is 1. The smallest absolute Gasteiger partial charge is 0.255 e. The summed E-state index contributed by atoms with van der Waals surface area (Å²) in [7, 11) is 0. The molecule has 2 aromatic rings. The lowest BCUT2D eigenvalue weighted by Gasteiger charge is -2.15. The molecule has 0 unspecified atom stereocenters. The van der Waals surface area contributed by atoms with Gasteiger partial charge in [-0.25, -0.2) is 0 Å². The highest BCUT2D eigenvalue weighted by molar-refractivity contribution is 6.05. The zero-order valence-electron chi connectivity index (χ0n) is 11.9. The molecule has 0 saturated heterocycles. The van der Waals surface area contributed by atoms with E-state index in [9.17, 15) is 9.59 Å². The molecule has 0 aliphatic rings. The molecule has 2 rings (SSSR count). The molecule has 0 bridgehead atoms. The second kappa shape index (κ2) is 6.65. The third kappa shape index (κ3) is 3.89. The number of ether oxygens (including phenoxy) is 1. The van der Waals surface area contributed by atoms with Crippen LogP contribution in [0.15, 0.2) is 42.7 Å². The topological polar surface area (TPSA) is 68.3 Å². The Morgan fingerprint density at radius 3 is 2.57 bits per heavy atom. The van der Waals surface area contributed by atoms with Gasteiger partial charge in [0.25, 0.3) is 5.91 Å². The standard InChI is InChI=1S/C16H16N2O3/c1-11(2)21-15-4-3-12(10-19)9-14(15)18-16(20)13-5-7-17-8-6-13/h3-11H,1-2H3,(H,18,20). The van der Waals surface area contributed by atoms with Crippen molar-refractivity contribution in [2.24, 2.45) is 0 Å². The van der Waals surface area contributed by atoms with Crippen molar-refractivity contribution in [3.8, 4) is 5.75 Å². The Balaban J connectivity index is 2.28. The molecule has 5 heteroatoms. The lowest BCUT2D eigenvalue weighted by molar-refractivity contribution is 0.102. The van der Waals surface area contributed by atoms with Crippen molar-refractivity contribution < 1.29 is 14.3 Å². The highest BCUT2D eigenvalue weighted by Gasteiger charge is 2.11. The van der Waals surface area contributed by atoms with Crippen molar-refractivity contribution in [2.45, 2.75) is 20.0 Å². The van der Waals surface area contributed by atoms with Crippen LogP contribution < -0.4 is 10.1 Å². The van der Waals surface area contributed by atoms with Gasteiger partial charge in [-0.05, 0) is 44.2 Å². The Morgan fingerprint density at radius 1 is 1.24 bits per heavy atom. The molecule has 0 radical (unpaired) electrons. The van der Waals surface area contributed by atoms with Crippen molar-refractivity contribution in [1.29, 1.82) is 0 Å². The quantitative estimate of drug-likeness (QED) is 0.857. The van der Waals surface area contributed by atoms with E-state index in [0.29, 0.717) is 22.6 Å². The molecule has 0 saturated carbocycles. The summed E-state index contributed by atoms with van der Waals surface area (Å²) in [4.78, 5) is 26.9. The number of carbonyl (C=O) groups excluding carboxylic acids is 2. The van der Waals surface area contributed by atoms with E-state index in [1.54, 1.807) is 42.7 Å². The number of anilines is 1. The van der Waals surface area contributed by atoms with Crippen LogP contribution in [-0.2, 0) is 0 Å². The molecule has 1 aromatic carbocycles. The van der Waals surface area contributed by atoms with Crippen molar-refractivity contribution >= 4 is 17.9 Å². The summed E-state index contributed by atoms with van der Waals surface area (Å²) in [5, 5.41) is 2.76. The van der Waals surface area contributed by atoms with Gasteiger partial charge in [0.2, 0.25) is 0 Å². The van der Waals surface area contributed by atoms with Crippen molar-refractivity contribution in [2.75, 3.05) is 5.32 Å². The number of aromatic nitrogens is 1. The summed E-state index contributed by atoms with van der Waals surface area (Å²) in [6.45, 7) is 3.78. The minimum Gasteiger partial charge on any atom is -0.489 e. The average Bonchev–Trinajstić information content (AvgIpc) is 2.49. The fraction of sp³-hybridized carbons (Fsp3) is 0.188. The molecule has 0 aliphatic carbocycles. The molecule has 0 fully saturated rings. The van der Waals surface area contributed by atoms with Crippen LogP contribution in [0, 0.1) is 0 Å². The van der Waals surface area contributed by atoms with Gasteiger partial charge in [-0.2, -0.15) is 0 Å². The predicted octanol–water partition coefficient (Wildman–Crippen LogP) is 2.93. The summed E-state index contributed by atoms with van der Waals surface area (Å²) in [6.07, 6.45) is 3.77. The largest absolute Gasteiger partial charge is 0.489 e. The molecule has 1 N–H and O–H groups in total. The third-order valence-corrected chi connectivity index (χ3v) is 2.69. The van der Waals surface area contributed by atoms with Crippen LogP contribution >= 0.6 is 0 Å². The first-order valence-corrected chi connectivity index (χ1v) is 6.57. The molecule has 1 amide bonds. The zero-order chi connectivity index (χ0) is 15.2. The molecule has 0 aliphatic heterocycles. The van der Waals surface area contributed by atoms with E-state index < -0.39 is 0 Å². The summed E-state index contributed by atoms with van der Waals surface area (Å²) in [6, 6.07) is 8.13. The molecule has 108 valence electrons. The number of pyridine rings is 1. The molecule has 5 nitrogen and oxygen atoms in total. The number of carbonyl (C=O) groups is 2. The van der Waals surface area contributed by atoms with Gasteiger partial charge in [-0.1, -0.05) is 0 Å². The lowest BCUT2D eigenvalue weighted by atomic mass is 10.2. The maximum Gasteiger partial charge on any atom is 0.255 e. The van der Waals surface area contributed by atoms with Crippen LogP contribution in [0.1, 0.15) is 34.6 Å². The molecular weight excluding hydrogens is 268 g/mol. The van der Waals surface area contributed by atoms with E-state index >= 15 is 0 Å². The van der Waals surface area contributed by atoms with E-state index in [0.717, 1.165) is 6.29 Å². The lowest BCUT2D eigenvalue weighted by Crippen LogP contribution is -2.14. The molecular formula is C16H16N2O3. The van der Waals surface area contributed by atoms with Crippen LogP contribution in [0.3, 0.4) is 0 Å². The summed E-state index contributed by atoms with van der Waals surface area (Å²) < 4.78 is 5.64. The summed E-state index contributed by atoms with van der Waals surface area (Å²) >= 11 is 0. The molecule has 1 aromatic heterocycles. The van der Waals surface area contributed by atoms with Gasteiger partial charge in [0.1, 0.15) is 12.0 Å². The summed E-state index contributed by atoms with van der Waals surface area (Å²) in [5.41, 5.74) is 1.42. The van der Waals surface area contributed by atoms with E-state index in [1.807, 2.05) is 13.8 Å². The Hall–Kier alpha value is -2.69. The Bertz CT molecular complexity index is 639. The van der Waals surface area contributed by atoms with Gasteiger partial charge in [0.15, 0.2) is 0 Å². The Kier molecular flexibility index (Phi) is 4.66. The first-order valence-electron chi connectivity index (χ1n) is 6.57. The van der Waals surface area contributed by atoms with E-state index in [1.165, 1.54) is 0 Å². The van der Waals surface area contributed by atoms with Crippen LogP contribution in [0.25, 0.3) is 0 Å². The van der Waals surface area contributed by atoms with Crippen LogP contribution in [0.2, 0.25) is 0 Å². The average molecular weight is 284 g/mol. The van der Waals surface area contributed by atoms with E-state index in [2.05, 4.69) is 10.3 Å². The van der Waals surface area contributed by atoms with Gasteiger partial charge in [0, 0.05) is 23.5 Å². The Labute approximate surface area is 123 Å². The van der Waals surface area contributed by atoms with Crippen molar-refractivity contribution in [1.82, 2.24) is 4.98 Å². The highest BCUT2D eigenvalue weighted by atomic mass is 16.5. The molecule has 0 atom stereocenters. The van der Waals surface area contributed by atoms with Gasteiger partial charge in [-0.15, -0.1) is 0 Å². The number of hydrogen-bond acceptors (Lipinski definition) is 4. The van der Waals surface area contributed by atoms with Crippen LogP contribution in [-0.4, -0.2) is 23.3 Å². The first-order chi connectivity index (χ1) is 10.1. The summed E-state index contributed by atoms with van der Waals surface area (Å²) in [5.74, 6) is 0.243. The molecule has 0 spiro atoms. The minimum absolute atomic E-state index is 0.0383. The SMILES string of the molecule is CC(C)Oc1ccc(C=O)cc1NC(=O)c1ccncc1. The van der Waals surface area contributed by atoms with E-state index in [-0.39, 0.29) is 12.0 Å². The number of nitrogens with one attached hydrogen (secondary N) is 1. The second-order valence-corrected chi connectivity index (χ2v) is 4.73. The van der Waals surface area contributed by atoms with Crippen LogP contribution in [0.4, 0.5) is 5.69 Å². The zero-order valence-corrected chi connectivity index (χ0v) is 11.9. The second-order valence-electron chi connectivity index (χ2n) is 4.73. The van der Waals surface area contributed by atoms with Crippen LogP contribution in [0.5, 0.6) is 5.75 Å². The molecule has 21 heavy (non-hydrogen) atoms. The van der Waals surface area contributed by atoms with E-state index in [4.69, 9.17) is 4.74 Å². The normalized spacial score (nSPS) is 10.2. The van der Waals surface area contributed by atoms with Gasteiger partial charge < -0.3 is 10.1 Å². The number of benzene rings is 1. The predicted molar refractivity (Wildman–Crippen MR) is 79.8 cm³/mol. The number of nitrogens with zero attached hydrogens (tertiary/aromatic N) is 1. The number of aldehydes is 1.